The van der Waals surface area contributed by atoms with Crippen LogP contribution in [0.2, 0.25) is 0 Å². The normalized spacial score (nSPS) is 16.8. The van der Waals surface area contributed by atoms with Gasteiger partial charge in [-0.05, 0) is 24.8 Å². The summed E-state index contributed by atoms with van der Waals surface area (Å²) in [6.45, 7) is 4.39. The third-order valence-corrected chi connectivity index (χ3v) is 3.33. The Morgan fingerprint density at radius 3 is 2.75 bits per heavy atom. The highest BCUT2D eigenvalue weighted by Gasteiger charge is 2.28. The molecule has 0 spiro atoms. The van der Waals surface area contributed by atoms with E-state index < -0.39 is 0 Å². The molecule has 1 aromatic heterocycles. The molecule has 3 nitrogen and oxygen atoms in total. The molecule has 1 atom stereocenters. The summed E-state index contributed by atoms with van der Waals surface area (Å²) < 4.78 is 5.92. The smallest absolute Gasteiger partial charge is 0.111 e. The van der Waals surface area contributed by atoms with Gasteiger partial charge in [-0.2, -0.15) is 0 Å². The zero-order valence-corrected chi connectivity index (χ0v) is 10.1. The van der Waals surface area contributed by atoms with Crippen LogP contribution in [0.25, 0.3) is 0 Å². The molecule has 1 aliphatic rings. The van der Waals surface area contributed by atoms with Crippen LogP contribution in [-0.4, -0.2) is 11.7 Å². The average Bonchev–Trinajstić information content (AvgIpc) is 2.75. The lowest BCUT2D eigenvalue weighted by atomic mass is 9.95. The molecule has 16 heavy (non-hydrogen) atoms. The van der Waals surface area contributed by atoms with Gasteiger partial charge in [0.15, 0.2) is 0 Å². The van der Waals surface area contributed by atoms with Gasteiger partial charge < -0.3 is 15.3 Å². The second-order valence-corrected chi connectivity index (χ2v) is 4.91. The maximum Gasteiger partial charge on any atom is 0.111 e. The van der Waals surface area contributed by atoms with Crippen LogP contribution >= 0.6 is 0 Å². The first-order valence-corrected chi connectivity index (χ1v) is 6.16. The fourth-order valence-corrected chi connectivity index (χ4v) is 2.57. The second kappa shape index (κ2) is 4.60. The van der Waals surface area contributed by atoms with E-state index in [-0.39, 0.29) is 12.6 Å². The summed E-state index contributed by atoms with van der Waals surface area (Å²) in [4.78, 5) is 0. The van der Waals surface area contributed by atoms with Crippen LogP contribution in [0.5, 0.6) is 0 Å². The van der Waals surface area contributed by atoms with E-state index in [0.29, 0.717) is 12.3 Å². The molecule has 1 aromatic rings. The minimum absolute atomic E-state index is 0.0759. The Balaban J connectivity index is 2.39. The van der Waals surface area contributed by atoms with Crippen molar-refractivity contribution in [3.8, 4) is 0 Å². The van der Waals surface area contributed by atoms with Gasteiger partial charge in [-0.1, -0.05) is 13.8 Å². The summed E-state index contributed by atoms with van der Waals surface area (Å²) in [5.41, 5.74) is 8.64. The lowest BCUT2D eigenvalue weighted by Crippen LogP contribution is -2.15. The molecule has 3 heteroatoms. The maximum atomic E-state index is 9.00. The molecule has 1 unspecified atom stereocenters. The second-order valence-electron chi connectivity index (χ2n) is 4.91. The van der Waals surface area contributed by atoms with E-state index in [4.69, 9.17) is 15.3 Å². The summed E-state index contributed by atoms with van der Waals surface area (Å²) >= 11 is 0. The summed E-state index contributed by atoms with van der Waals surface area (Å²) in [6, 6.07) is -0.0759. The van der Waals surface area contributed by atoms with Gasteiger partial charge in [0.05, 0.1) is 0 Å². The summed E-state index contributed by atoms with van der Waals surface area (Å²) in [6.07, 6.45) is 3.91. The molecule has 0 saturated heterocycles. The largest absolute Gasteiger partial charge is 0.465 e. The maximum absolute atomic E-state index is 9.00. The Morgan fingerprint density at radius 2 is 2.12 bits per heavy atom. The van der Waals surface area contributed by atoms with Crippen molar-refractivity contribution in [1.29, 1.82) is 0 Å². The fourth-order valence-electron chi connectivity index (χ4n) is 2.57. The zero-order valence-electron chi connectivity index (χ0n) is 10.1. The molecule has 0 aliphatic heterocycles. The predicted octanol–water partition coefficient (Wildman–Crippen LogP) is 2.27. The highest BCUT2D eigenvalue weighted by molar-refractivity contribution is 5.40. The van der Waals surface area contributed by atoms with Crippen molar-refractivity contribution in [2.75, 3.05) is 6.61 Å². The van der Waals surface area contributed by atoms with E-state index in [9.17, 15) is 0 Å². The Hall–Kier alpha value is -0.800. The van der Waals surface area contributed by atoms with Crippen molar-refractivity contribution in [2.24, 2.45) is 5.73 Å². The van der Waals surface area contributed by atoms with E-state index in [1.165, 1.54) is 17.5 Å². The van der Waals surface area contributed by atoms with Crippen LogP contribution in [0.3, 0.4) is 0 Å². The lowest BCUT2D eigenvalue weighted by molar-refractivity contribution is 0.275. The van der Waals surface area contributed by atoms with Crippen LogP contribution < -0.4 is 5.73 Å². The lowest BCUT2D eigenvalue weighted by Gasteiger charge is -2.14. The number of fused-ring (bicyclic) bond motifs is 1. The van der Waals surface area contributed by atoms with Gasteiger partial charge in [-0.25, -0.2) is 0 Å². The highest BCUT2D eigenvalue weighted by Crippen LogP contribution is 2.37. The van der Waals surface area contributed by atoms with E-state index in [1.807, 2.05) is 0 Å². The van der Waals surface area contributed by atoms with E-state index in [1.54, 1.807) is 0 Å². The molecule has 3 N–H and O–H groups in total. The average molecular weight is 223 g/mol. The van der Waals surface area contributed by atoms with Crippen molar-refractivity contribution in [3.05, 3.63) is 22.6 Å². The zero-order chi connectivity index (χ0) is 11.7. The van der Waals surface area contributed by atoms with Gasteiger partial charge >= 0.3 is 0 Å². The van der Waals surface area contributed by atoms with E-state index in [2.05, 4.69) is 13.8 Å². The molecule has 1 heterocycles. The third kappa shape index (κ3) is 1.89. The first kappa shape index (κ1) is 11.7. The minimum Gasteiger partial charge on any atom is -0.465 e. The Bertz CT molecular complexity index is 368. The molecule has 0 saturated carbocycles. The van der Waals surface area contributed by atoms with Crippen molar-refractivity contribution in [1.82, 2.24) is 0 Å². The molecular formula is C13H21NO2. The summed E-state index contributed by atoms with van der Waals surface area (Å²) in [5.74, 6) is 2.53. The summed E-state index contributed by atoms with van der Waals surface area (Å²) in [5, 5.41) is 9.00. The Labute approximate surface area is 96.6 Å². The standard InChI is InChI=1S/C13H21NO2/c1-8(2)13-12(10(14)6-7-15)9-4-3-5-11(9)16-13/h8,10,15H,3-7,14H2,1-2H3. The number of hydrogen-bond acceptors (Lipinski definition) is 3. The first-order valence-electron chi connectivity index (χ1n) is 6.16. The number of rotatable bonds is 4. The van der Waals surface area contributed by atoms with Gasteiger partial charge in [0.25, 0.3) is 0 Å². The Kier molecular flexibility index (Phi) is 3.36. The number of aliphatic hydroxyl groups excluding tert-OH is 1. The van der Waals surface area contributed by atoms with Gasteiger partial charge in [0.2, 0.25) is 0 Å². The van der Waals surface area contributed by atoms with Crippen molar-refractivity contribution in [3.63, 3.8) is 0 Å². The number of furan rings is 1. The molecule has 1 aliphatic carbocycles. The first-order chi connectivity index (χ1) is 7.65. The third-order valence-electron chi connectivity index (χ3n) is 3.33. The SMILES string of the molecule is CC(C)c1oc2c(c1C(N)CCO)CCC2. The fraction of sp³-hybridized carbons (Fsp3) is 0.692. The molecule has 0 amide bonds. The van der Waals surface area contributed by atoms with Crippen LogP contribution in [0.15, 0.2) is 4.42 Å². The van der Waals surface area contributed by atoms with Crippen molar-refractivity contribution < 1.29 is 9.52 Å². The van der Waals surface area contributed by atoms with Crippen molar-refractivity contribution in [2.45, 2.75) is 51.5 Å². The molecule has 0 radical (unpaired) electrons. The monoisotopic (exact) mass is 223 g/mol. The summed E-state index contributed by atoms with van der Waals surface area (Å²) in [7, 11) is 0. The molecule has 0 aromatic carbocycles. The van der Waals surface area contributed by atoms with Gasteiger partial charge in [0, 0.05) is 30.6 Å². The topological polar surface area (TPSA) is 59.4 Å². The van der Waals surface area contributed by atoms with Crippen LogP contribution in [-0.2, 0) is 12.8 Å². The van der Waals surface area contributed by atoms with Gasteiger partial charge in [0.1, 0.15) is 11.5 Å². The number of aryl methyl sites for hydroxylation is 1. The Morgan fingerprint density at radius 1 is 1.38 bits per heavy atom. The van der Waals surface area contributed by atoms with Crippen LogP contribution in [0, 0.1) is 0 Å². The van der Waals surface area contributed by atoms with Crippen LogP contribution in [0.4, 0.5) is 0 Å². The number of aliphatic hydroxyl groups is 1. The molecule has 0 fully saturated rings. The molecular weight excluding hydrogens is 202 g/mol. The van der Waals surface area contributed by atoms with Crippen LogP contribution in [0.1, 0.15) is 61.3 Å². The molecule has 0 bridgehead atoms. The minimum atomic E-state index is -0.0759. The molecule has 90 valence electrons. The van der Waals surface area contributed by atoms with E-state index in [0.717, 1.165) is 24.4 Å². The predicted molar refractivity (Wildman–Crippen MR) is 63.5 cm³/mol. The quantitative estimate of drug-likeness (QED) is 0.823. The molecule has 2 rings (SSSR count). The number of nitrogens with two attached hydrogens (primary N) is 1. The van der Waals surface area contributed by atoms with Gasteiger partial charge in [-0.3, -0.25) is 0 Å². The number of hydrogen-bond donors (Lipinski definition) is 2. The van der Waals surface area contributed by atoms with Gasteiger partial charge in [-0.15, -0.1) is 0 Å². The van der Waals surface area contributed by atoms with Crippen molar-refractivity contribution >= 4 is 0 Å². The highest BCUT2D eigenvalue weighted by atomic mass is 16.3. The van der Waals surface area contributed by atoms with E-state index >= 15 is 0 Å².